The summed E-state index contributed by atoms with van der Waals surface area (Å²) in [5, 5.41) is 0.561. The van der Waals surface area contributed by atoms with Gasteiger partial charge in [-0.2, -0.15) is 0 Å². The van der Waals surface area contributed by atoms with Crippen LogP contribution in [-0.2, 0) is 16.6 Å². The number of nitrogens with zero attached hydrogens (tertiary/aromatic N) is 5. The fourth-order valence-electron chi connectivity index (χ4n) is 3.36. The number of rotatable bonds is 8. The van der Waals surface area contributed by atoms with Gasteiger partial charge in [0, 0.05) is 11.4 Å². The van der Waals surface area contributed by atoms with Crippen molar-refractivity contribution >= 4 is 38.8 Å². The van der Waals surface area contributed by atoms with Crippen molar-refractivity contribution < 1.29 is 22.3 Å². The van der Waals surface area contributed by atoms with E-state index in [-0.39, 0.29) is 18.4 Å². The Hall–Kier alpha value is -3.36. The number of aryl methyl sites for hydroxylation is 1. The average Bonchev–Trinajstić information content (AvgIpc) is 3.54. The van der Waals surface area contributed by atoms with E-state index < -0.39 is 10.0 Å². The van der Waals surface area contributed by atoms with Gasteiger partial charge in [-0.1, -0.05) is 11.8 Å². The average molecular weight is 490 g/mol. The van der Waals surface area contributed by atoms with Crippen LogP contribution in [0.3, 0.4) is 0 Å². The number of ether oxygens (including phenoxy) is 2. The van der Waals surface area contributed by atoms with Crippen molar-refractivity contribution in [3.05, 3.63) is 30.9 Å². The van der Waals surface area contributed by atoms with Crippen LogP contribution >= 0.6 is 11.8 Å². The molecule has 33 heavy (non-hydrogen) atoms. The van der Waals surface area contributed by atoms with Gasteiger partial charge in [0.2, 0.25) is 22.7 Å². The largest absolute Gasteiger partial charge is 0.454 e. The maximum absolute atomic E-state index is 11.9. The highest BCUT2D eigenvalue weighted by atomic mass is 32.2. The molecule has 0 saturated heterocycles. The Labute approximate surface area is 192 Å². The van der Waals surface area contributed by atoms with Crippen molar-refractivity contribution in [2.45, 2.75) is 23.0 Å². The van der Waals surface area contributed by atoms with Gasteiger partial charge in [0.25, 0.3) is 0 Å². The number of hydrogen-bond acceptors (Lipinski definition) is 11. The number of nitrogen functional groups attached to an aromatic ring is 1. The number of aromatic nitrogens is 5. The number of anilines is 1. The van der Waals surface area contributed by atoms with E-state index in [4.69, 9.17) is 19.6 Å². The van der Waals surface area contributed by atoms with Gasteiger partial charge in [0.1, 0.15) is 12.6 Å². The van der Waals surface area contributed by atoms with Crippen LogP contribution in [0, 0.1) is 0 Å². The lowest BCUT2D eigenvalue weighted by Gasteiger charge is -2.11. The van der Waals surface area contributed by atoms with Crippen molar-refractivity contribution in [3.8, 4) is 23.0 Å². The Kier molecular flexibility index (Phi) is 5.55. The molecule has 0 spiro atoms. The second-order valence-corrected chi connectivity index (χ2v) is 10.0. The fraction of sp³-hybridized carbons (Fsp3) is 0.263. The summed E-state index contributed by atoms with van der Waals surface area (Å²) in [6.07, 6.45) is 4.75. The minimum absolute atomic E-state index is 0.0422. The number of sulfonamides is 1. The molecule has 0 aliphatic carbocycles. The third-order valence-corrected chi connectivity index (χ3v) is 7.47. The third-order valence-electron chi connectivity index (χ3n) is 4.97. The second-order valence-electron chi connectivity index (χ2n) is 6.99. The van der Waals surface area contributed by atoms with Gasteiger partial charge in [0.05, 0.1) is 17.5 Å². The monoisotopic (exact) mass is 489 g/mol. The SMILES string of the molecule is CNS(=O)(=O)CCCn1c(Sc2cc3c(cc2-c2ncco2)OCO3)nc2c(N)ncnc21. The van der Waals surface area contributed by atoms with E-state index in [0.717, 1.165) is 4.90 Å². The van der Waals surface area contributed by atoms with E-state index in [2.05, 4.69) is 24.7 Å². The van der Waals surface area contributed by atoms with E-state index in [0.29, 0.717) is 52.2 Å². The van der Waals surface area contributed by atoms with Crippen molar-refractivity contribution in [3.63, 3.8) is 0 Å². The summed E-state index contributed by atoms with van der Waals surface area (Å²) in [5.41, 5.74) is 7.69. The number of oxazole rings is 1. The van der Waals surface area contributed by atoms with E-state index in [9.17, 15) is 8.42 Å². The summed E-state index contributed by atoms with van der Waals surface area (Å²) < 4.78 is 44.5. The molecule has 1 aliphatic rings. The summed E-state index contributed by atoms with van der Waals surface area (Å²) in [7, 11) is -1.96. The zero-order valence-electron chi connectivity index (χ0n) is 17.4. The lowest BCUT2D eigenvalue weighted by molar-refractivity contribution is 0.174. The molecule has 0 amide bonds. The zero-order chi connectivity index (χ0) is 23.0. The van der Waals surface area contributed by atoms with Gasteiger partial charge in [-0.25, -0.2) is 33.1 Å². The molecule has 0 fully saturated rings. The molecule has 3 aromatic heterocycles. The van der Waals surface area contributed by atoms with Gasteiger partial charge < -0.3 is 24.2 Å². The molecule has 3 N–H and O–H groups in total. The molecule has 0 unspecified atom stereocenters. The highest BCUT2D eigenvalue weighted by Crippen LogP contribution is 2.44. The van der Waals surface area contributed by atoms with Crippen LogP contribution < -0.4 is 19.9 Å². The van der Waals surface area contributed by atoms with Gasteiger partial charge in [-0.05, 0) is 25.6 Å². The van der Waals surface area contributed by atoms with Crippen LogP contribution in [0.1, 0.15) is 6.42 Å². The number of imidazole rings is 1. The molecule has 1 aromatic carbocycles. The second kappa shape index (κ2) is 8.53. The summed E-state index contributed by atoms with van der Waals surface area (Å²) in [6, 6.07) is 3.63. The van der Waals surface area contributed by atoms with Crippen molar-refractivity contribution in [1.82, 2.24) is 29.2 Å². The normalized spacial score (nSPS) is 13.1. The van der Waals surface area contributed by atoms with Gasteiger partial charge in [0.15, 0.2) is 33.6 Å². The topological polar surface area (TPSA) is 160 Å². The number of benzene rings is 1. The van der Waals surface area contributed by atoms with Crippen LogP contribution in [0.2, 0.25) is 0 Å². The fourth-order valence-corrected chi connectivity index (χ4v) is 5.11. The van der Waals surface area contributed by atoms with E-state index in [1.54, 1.807) is 12.3 Å². The quantitative estimate of drug-likeness (QED) is 0.372. The number of hydrogen-bond donors (Lipinski definition) is 2. The van der Waals surface area contributed by atoms with Crippen LogP contribution in [0.5, 0.6) is 11.5 Å². The molecule has 4 heterocycles. The molecule has 5 rings (SSSR count). The highest BCUT2D eigenvalue weighted by molar-refractivity contribution is 7.99. The maximum Gasteiger partial charge on any atom is 0.231 e. The molecule has 12 nitrogen and oxygen atoms in total. The molecule has 0 radical (unpaired) electrons. The first kappa shape index (κ1) is 21.5. The predicted octanol–water partition coefficient (Wildman–Crippen LogP) is 1.88. The molecule has 1 aliphatic heterocycles. The number of fused-ring (bicyclic) bond motifs is 2. The van der Waals surface area contributed by atoms with Crippen molar-refractivity contribution in [2.24, 2.45) is 0 Å². The van der Waals surface area contributed by atoms with E-state index in [1.807, 2.05) is 10.6 Å². The first-order valence-corrected chi connectivity index (χ1v) is 12.3. The third kappa shape index (κ3) is 4.19. The van der Waals surface area contributed by atoms with E-state index in [1.165, 1.54) is 31.4 Å². The Bertz CT molecular complexity index is 1420. The smallest absolute Gasteiger partial charge is 0.231 e. The van der Waals surface area contributed by atoms with Crippen LogP contribution in [-0.4, -0.2) is 52.5 Å². The molecular weight excluding hydrogens is 470 g/mol. The van der Waals surface area contributed by atoms with Gasteiger partial charge in [-0.3, -0.25) is 0 Å². The standard InChI is InChI=1S/C19H19N7O5S2/c1-21-33(27,28)6-2-4-26-17-15(16(20)23-9-24-17)25-19(26)32-14-8-13-12(30-10-31-13)7-11(14)18-22-3-5-29-18/h3,5,7-9,21H,2,4,6,10H2,1H3,(H2,20,23,24). The first-order chi connectivity index (χ1) is 15.9. The lowest BCUT2D eigenvalue weighted by atomic mass is 10.2. The summed E-state index contributed by atoms with van der Waals surface area (Å²) in [5.74, 6) is 1.79. The molecular formula is C19H19N7O5S2. The van der Waals surface area contributed by atoms with Gasteiger partial charge >= 0.3 is 0 Å². The molecule has 14 heteroatoms. The summed E-state index contributed by atoms with van der Waals surface area (Å²) >= 11 is 1.33. The Morgan fingerprint density at radius 2 is 2.03 bits per heavy atom. The Morgan fingerprint density at radius 1 is 1.21 bits per heavy atom. The summed E-state index contributed by atoms with van der Waals surface area (Å²) in [4.78, 5) is 18.0. The number of nitrogens with one attached hydrogen (secondary N) is 1. The zero-order valence-corrected chi connectivity index (χ0v) is 19.0. The maximum atomic E-state index is 11.9. The molecule has 0 saturated carbocycles. The summed E-state index contributed by atoms with van der Waals surface area (Å²) in [6.45, 7) is 0.480. The van der Waals surface area contributed by atoms with Crippen LogP contribution in [0.4, 0.5) is 5.82 Å². The highest BCUT2D eigenvalue weighted by Gasteiger charge is 2.23. The van der Waals surface area contributed by atoms with Gasteiger partial charge in [-0.15, -0.1) is 0 Å². The molecule has 0 atom stereocenters. The van der Waals surface area contributed by atoms with Crippen LogP contribution in [0.15, 0.2) is 45.4 Å². The van der Waals surface area contributed by atoms with Crippen molar-refractivity contribution in [2.75, 3.05) is 25.3 Å². The molecule has 172 valence electrons. The van der Waals surface area contributed by atoms with E-state index >= 15 is 0 Å². The minimum Gasteiger partial charge on any atom is -0.454 e. The Balaban J connectivity index is 1.56. The molecule has 4 aromatic rings. The first-order valence-electron chi connectivity index (χ1n) is 9.84. The lowest BCUT2D eigenvalue weighted by Crippen LogP contribution is -2.22. The predicted molar refractivity (Wildman–Crippen MR) is 119 cm³/mol. The number of nitrogens with two attached hydrogens (primary N) is 1. The minimum atomic E-state index is -3.35. The van der Waals surface area contributed by atoms with Crippen molar-refractivity contribution in [1.29, 1.82) is 0 Å². The molecule has 0 bridgehead atoms. The Morgan fingerprint density at radius 3 is 2.79 bits per heavy atom. The van der Waals surface area contributed by atoms with Crippen LogP contribution in [0.25, 0.3) is 22.6 Å².